The largest absolute Gasteiger partial charge is 0.491 e. The lowest BCUT2D eigenvalue weighted by Gasteiger charge is -2.25. The number of benzene rings is 1. The Morgan fingerprint density at radius 1 is 1.33 bits per heavy atom. The van der Waals surface area contributed by atoms with E-state index in [4.69, 9.17) is 9.47 Å². The number of rotatable bonds is 7. The van der Waals surface area contributed by atoms with Crippen LogP contribution in [0.1, 0.15) is 43.9 Å². The monoisotopic (exact) mass is 293 g/mol. The summed E-state index contributed by atoms with van der Waals surface area (Å²) in [7, 11) is 2.01. The summed E-state index contributed by atoms with van der Waals surface area (Å²) in [6, 6.07) is 6.69. The van der Waals surface area contributed by atoms with Crippen molar-refractivity contribution >= 4 is 0 Å². The summed E-state index contributed by atoms with van der Waals surface area (Å²) >= 11 is 0. The third kappa shape index (κ3) is 4.70. The third-order valence-electron chi connectivity index (χ3n) is 3.84. The first-order chi connectivity index (χ1) is 10.1. The maximum atomic E-state index is 9.82. The second-order valence-corrected chi connectivity index (χ2v) is 5.94. The molecule has 4 heteroatoms. The molecular formula is C17H27NO3. The molecule has 21 heavy (non-hydrogen) atoms. The van der Waals surface area contributed by atoms with E-state index < -0.39 is 6.10 Å². The minimum Gasteiger partial charge on any atom is -0.491 e. The third-order valence-corrected chi connectivity index (χ3v) is 3.84. The number of aliphatic hydroxyl groups is 1. The van der Waals surface area contributed by atoms with Gasteiger partial charge < -0.3 is 19.9 Å². The number of hydrogen-bond acceptors (Lipinski definition) is 4. The second kappa shape index (κ2) is 7.78. The summed E-state index contributed by atoms with van der Waals surface area (Å²) in [5.74, 6) is 0.828. The minimum atomic E-state index is -0.589. The van der Waals surface area contributed by atoms with Crippen LogP contribution in [-0.4, -0.2) is 37.6 Å². The number of nitrogens with one attached hydrogen (secondary N) is 1. The molecule has 0 aromatic heterocycles. The van der Waals surface area contributed by atoms with E-state index in [2.05, 4.69) is 17.4 Å². The van der Waals surface area contributed by atoms with Crippen molar-refractivity contribution in [3.05, 3.63) is 29.3 Å². The van der Waals surface area contributed by atoms with E-state index in [0.29, 0.717) is 12.6 Å². The molecule has 118 valence electrons. The Morgan fingerprint density at radius 3 is 2.86 bits per heavy atom. The van der Waals surface area contributed by atoms with Gasteiger partial charge in [0, 0.05) is 6.04 Å². The molecule has 1 aliphatic rings. The zero-order valence-electron chi connectivity index (χ0n) is 13.3. The number of fused-ring (bicyclic) bond motifs is 1. The fourth-order valence-corrected chi connectivity index (χ4v) is 2.72. The first-order valence-electron chi connectivity index (χ1n) is 7.82. The number of aryl methyl sites for hydroxylation is 1. The van der Waals surface area contributed by atoms with Crippen molar-refractivity contribution in [2.45, 2.75) is 51.4 Å². The number of ether oxygens (including phenoxy) is 2. The van der Waals surface area contributed by atoms with E-state index in [0.717, 1.165) is 12.2 Å². The summed E-state index contributed by atoms with van der Waals surface area (Å²) in [5.41, 5.74) is 2.73. The van der Waals surface area contributed by atoms with E-state index in [1.165, 1.54) is 24.0 Å². The quantitative estimate of drug-likeness (QED) is 0.811. The van der Waals surface area contributed by atoms with E-state index in [9.17, 15) is 5.11 Å². The molecule has 0 fully saturated rings. The fraction of sp³-hybridized carbons (Fsp3) is 0.647. The van der Waals surface area contributed by atoms with Gasteiger partial charge in [-0.25, -0.2) is 0 Å². The summed E-state index contributed by atoms with van der Waals surface area (Å²) in [5, 5.41) is 13.2. The minimum absolute atomic E-state index is 0.127. The number of hydrogen-bond donors (Lipinski definition) is 2. The average Bonchev–Trinajstić information content (AvgIpc) is 2.49. The Labute approximate surface area is 127 Å². The van der Waals surface area contributed by atoms with E-state index >= 15 is 0 Å². The average molecular weight is 293 g/mol. The van der Waals surface area contributed by atoms with Crippen LogP contribution in [0.3, 0.4) is 0 Å². The van der Waals surface area contributed by atoms with Gasteiger partial charge in [-0.3, -0.25) is 0 Å². The lowest BCUT2D eigenvalue weighted by atomic mass is 9.87. The lowest BCUT2D eigenvalue weighted by Crippen LogP contribution is -2.25. The molecule has 0 heterocycles. The van der Waals surface area contributed by atoms with Crippen LogP contribution in [0.5, 0.6) is 5.75 Å². The Balaban J connectivity index is 1.90. The zero-order valence-corrected chi connectivity index (χ0v) is 13.3. The molecule has 0 radical (unpaired) electrons. The highest BCUT2D eigenvalue weighted by molar-refractivity contribution is 5.39. The molecule has 1 aromatic carbocycles. The number of aliphatic hydroxyl groups excluding tert-OH is 1. The van der Waals surface area contributed by atoms with Crippen LogP contribution in [0.2, 0.25) is 0 Å². The highest BCUT2D eigenvalue weighted by Gasteiger charge is 2.19. The van der Waals surface area contributed by atoms with Crippen LogP contribution in [0, 0.1) is 0 Å². The van der Waals surface area contributed by atoms with E-state index in [-0.39, 0.29) is 12.7 Å². The summed E-state index contributed by atoms with van der Waals surface area (Å²) < 4.78 is 11.1. The predicted octanol–water partition coefficient (Wildman–Crippen LogP) is 2.45. The Bertz CT molecular complexity index is 448. The fourth-order valence-electron chi connectivity index (χ4n) is 2.72. The van der Waals surface area contributed by atoms with Crippen molar-refractivity contribution in [3.63, 3.8) is 0 Å². The van der Waals surface area contributed by atoms with Gasteiger partial charge in [-0.1, -0.05) is 6.07 Å². The molecule has 2 N–H and O–H groups in total. The molecule has 2 atom stereocenters. The molecule has 4 nitrogen and oxygen atoms in total. The van der Waals surface area contributed by atoms with Crippen LogP contribution in [0.15, 0.2) is 18.2 Å². The maximum absolute atomic E-state index is 9.82. The van der Waals surface area contributed by atoms with Gasteiger partial charge in [-0.05, 0) is 63.4 Å². The van der Waals surface area contributed by atoms with Gasteiger partial charge in [0.25, 0.3) is 0 Å². The Hall–Kier alpha value is -1.10. The van der Waals surface area contributed by atoms with Crippen molar-refractivity contribution in [3.8, 4) is 5.75 Å². The van der Waals surface area contributed by atoms with Crippen LogP contribution >= 0.6 is 0 Å². The molecule has 0 aliphatic heterocycles. The highest BCUT2D eigenvalue weighted by Crippen LogP contribution is 2.31. The SMILES string of the molecule is CNC1CCCc2cc(OCC(O)COC(C)C)ccc21. The summed E-state index contributed by atoms with van der Waals surface area (Å²) in [6.45, 7) is 4.48. The first kappa shape index (κ1) is 16.3. The van der Waals surface area contributed by atoms with Gasteiger partial charge in [0.2, 0.25) is 0 Å². The maximum Gasteiger partial charge on any atom is 0.119 e. The van der Waals surface area contributed by atoms with Crippen molar-refractivity contribution in [2.75, 3.05) is 20.3 Å². The van der Waals surface area contributed by atoms with Crippen molar-refractivity contribution in [2.24, 2.45) is 0 Å². The molecule has 0 amide bonds. The molecule has 2 rings (SSSR count). The Kier molecular flexibility index (Phi) is 6.03. The van der Waals surface area contributed by atoms with Crippen molar-refractivity contribution in [1.82, 2.24) is 5.32 Å². The van der Waals surface area contributed by atoms with Crippen LogP contribution in [0.4, 0.5) is 0 Å². The standard InChI is InChI=1S/C17H27NO3/c1-12(2)20-10-14(19)11-21-15-7-8-16-13(9-15)5-4-6-17(16)18-3/h7-9,12,14,17-19H,4-6,10-11H2,1-3H3. The molecule has 2 unspecified atom stereocenters. The van der Waals surface area contributed by atoms with Crippen molar-refractivity contribution in [1.29, 1.82) is 0 Å². The Morgan fingerprint density at radius 2 is 2.14 bits per heavy atom. The normalized spacial score (nSPS) is 19.4. The van der Waals surface area contributed by atoms with Crippen LogP contribution in [0.25, 0.3) is 0 Å². The molecule has 0 saturated carbocycles. The van der Waals surface area contributed by atoms with Crippen LogP contribution in [-0.2, 0) is 11.2 Å². The van der Waals surface area contributed by atoms with E-state index in [1.54, 1.807) is 0 Å². The topological polar surface area (TPSA) is 50.7 Å². The summed E-state index contributed by atoms with van der Waals surface area (Å²) in [6.07, 6.45) is 3.03. The first-order valence-corrected chi connectivity index (χ1v) is 7.82. The molecule has 0 spiro atoms. The molecule has 1 aromatic rings. The van der Waals surface area contributed by atoms with Crippen LogP contribution < -0.4 is 10.1 Å². The second-order valence-electron chi connectivity index (χ2n) is 5.94. The van der Waals surface area contributed by atoms with Gasteiger partial charge in [-0.2, -0.15) is 0 Å². The van der Waals surface area contributed by atoms with Gasteiger partial charge in [0.1, 0.15) is 18.5 Å². The van der Waals surface area contributed by atoms with Crippen molar-refractivity contribution < 1.29 is 14.6 Å². The lowest BCUT2D eigenvalue weighted by molar-refractivity contribution is -0.0123. The summed E-state index contributed by atoms with van der Waals surface area (Å²) in [4.78, 5) is 0. The molecule has 1 aliphatic carbocycles. The van der Waals surface area contributed by atoms with E-state index in [1.807, 2.05) is 27.0 Å². The highest BCUT2D eigenvalue weighted by atomic mass is 16.5. The van der Waals surface area contributed by atoms with Gasteiger partial charge >= 0.3 is 0 Å². The molecule has 0 bridgehead atoms. The van der Waals surface area contributed by atoms with Gasteiger partial charge in [-0.15, -0.1) is 0 Å². The van der Waals surface area contributed by atoms with Gasteiger partial charge in [0.05, 0.1) is 12.7 Å². The molecular weight excluding hydrogens is 266 g/mol. The smallest absolute Gasteiger partial charge is 0.119 e. The predicted molar refractivity (Wildman–Crippen MR) is 83.8 cm³/mol. The molecule has 0 saturated heterocycles. The zero-order chi connectivity index (χ0) is 15.2. The van der Waals surface area contributed by atoms with Gasteiger partial charge in [0.15, 0.2) is 0 Å².